The third-order valence-electron chi connectivity index (χ3n) is 15.4. The Labute approximate surface area is 456 Å². The van der Waals surface area contributed by atoms with E-state index in [2.05, 4.69) is 63.6 Å². The molecule has 2 aromatic carbocycles. The Balaban J connectivity index is 0.000000175. The van der Waals surface area contributed by atoms with Crippen LogP contribution in [0.4, 0.5) is 11.6 Å². The number of piperidine rings is 2. The van der Waals surface area contributed by atoms with Crippen molar-refractivity contribution in [3.8, 4) is 56.1 Å². The summed E-state index contributed by atoms with van der Waals surface area (Å²) in [6, 6.07) is 20.0. The smallest absolute Gasteiger partial charge is 0.166 e. The van der Waals surface area contributed by atoms with Crippen LogP contribution in [0.5, 0.6) is 11.5 Å². The lowest BCUT2D eigenvalue weighted by Gasteiger charge is -2.31. The van der Waals surface area contributed by atoms with Crippen molar-refractivity contribution in [2.24, 2.45) is 0 Å². The summed E-state index contributed by atoms with van der Waals surface area (Å²) in [6.07, 6.45) is 23.0. The maximum Gasteiger partial charge on any atom is 0.166 e. The molecule has 6 aromatic rings. The lowest BCUT2D eigenvalue weighted by molar-refractivity contribution is -0.206. The first-order valence-corrected chi connectivity index (χ1v) is 29.0. The zero-order valence-electron chi connectivity index (χ0n) is 44.1. The van der Waals surface area contributed by atoms with Gasteiger partial charge in [-0.2, -0.15) is 0 Å². The molecule has 5 aliphatic rings. The van der Waals surface area contributed by atoms with Gasteiger partial charge in [0, 0.05) is 65.5 Å². The summed E-state index contributed by atoms with van der Waals surface area (Å²) in [5, 5.41) is 12.9. The number of hydrogen-bond acceptors (Lipinski definition) is 15. The van der Waals surface area contributed by atoms with Crippen molar-refractivity contribution in [1.82, 2.24) is 29.7 Å². The molecule has 1 unspecified atom stereocenters. The highest BCUT2D eigenvalue weighted by molar-refractivity contribution is 7.15. The second-order valence-electron chi connectivity index (χ2n) is 21.3. The average Bonchev–Trinajstić information content (AvgIpc) is 4.31. The van der Waals surface area contributed by atoms with Crippen molar-refractivity contribution in [3.05, 3.63) is 118 Å². The number of nitrogens with two attached hydrogens (primary N) is 2. The minimum atomic E-state index is -0.836. The van der Waals surface area contributed by atoms with E-state index in [1.54, 1.807) is 28.9 Å². The molecular formula is C61H72N8O5S2. The molecule has 11 rings (SSSR count). The topological polar surface area (TPSA) is 167 Å². The van der Waals surface area contributed by atoms with Gasteiger partial charge >= 0.3 is 0 Å². The van der Waals surface area contributed by atoms with E-state index in [1.807, 2.05) is 73.2 Å². The summed E-state index contributed by atoms with van der Waals surface area (Å²) in [7, 11) is 4.36. The quantitative estimate of drug-likeness (QED) is 0.0992. The van der Waals surface area contributed by atoms with Crippen LogP contribution in [-0.4, -0.2) is 99.2 Å². The number of aromatic nitrogens is 4. The van der Waals surface area contributed by atoms with Crippen LogP contribution in [0.2, 0.25) is 0 Å². The van der Waals surface area contributed by atoms with Gasteiger partial charge in [-0.3, -0.25) is 0 Å². The van der Waals surface area contributed by atoms with Crippen molar-refractivity contribution < 1.29 is 24.1 Å². The van der Waals surface area contributed by atoms with Gasteiger partial charge in [0.15, 0.2) is 29.4 Å². The second-order valence-corrected chi connectivity index (χ2v) is 23.5. The molecule has 5 N–H and O–H groups in total. The Bertz CT molecular complexity index is 3010. The summed E-state index contributed by atoms with van der Waals surface area (Å²) in [5.41, 5.74) is 16.9. The van der Waals surface area contributed by atoms with E-state index in [0.29, 0.717) is 48.2 Å². The first-order chi connectivity index (χ1) is 37.0. The molecule has 7 heterocycles. The van der Waals surface area contributed by atoms with Crippen molar-refractivity contribution >= 4 is 34.3 Å². The first kappa shape index (κ1) is 53.5. The molecule has 0 radical (unpaired) electrons. The molecule has 13 nitrogen and oxygen atoms in total. The van der Waals surface area contributed by atoms with E-state index in [9.17, 15) is 5.11 Å². The molecule has 398 valence electrons. The number of ether oxygens (including phenoxy) is 4. The first-order valence-electron chi connectivity index (χ1n) is 27.3. The third-order valence-corrected chi connectivity index (χ3v) is 17.8. The predicted octanol–water partition coefficient (Wildman–Crippen LogP) is 11.2. The second kappa shape index (κ2) is 25.1. The van der Waals surface area contributed by atoms with Gasteiger partial charge in [-0.05, 0) is 184 Å². The van der Waals surface area contributed by atoms with Gasteiger partial charge in [-0.15, -0.1) is 22.7 Å². The van der Waals surface area contributed by atoms with Gasteiger partial charge in [0.1, 0.15) is 24.4 Å². The number of nitrogen functional groups attached to an aromatic ring is 2. The fourth-order valence-electron chi connectivity index (χ4n) is 10.7. The molecule has 3 saturated heterocycles. The van der Waals surface area contributed by atoms with Crippen molar-refractivity contribution in [3.63, 3.8) is 0 Å². The monoisotopic (exact) mass is 1060 g/mol. The molecule has 4 aromatic heterocycles. The summed E-state index contributed by atoms with van der Waals surface area (Å²) >= 11 is 3.49. The minimum Gasteiger partial charge on any atom is -0.485 e. The molecule has 0 spiro atoms. The molecule has 2 saturated carbocycles. The largest absolute Gasteiger partial charge is 0.485 e. The van der Waals surface area contributed by atoms with Crippen LogP contribution >= 0.6 is 22.7 Å². The number of nitrogens with zero attached hydrogens (tertiary/aromatic N) is 6. The zero-order chi connectivity index (χ0) is 52.3. The number of benzene rings is 2. The van der Waals surface area contributed by atoms with Crippen LogP contribution in [0, 0.1) is 23.7 Å². The van der Waals surface area contributed by atoms with Gasteiger partial charge in [0.05, 0.1) is 19.8 Å². The van der Waals surface area contributed by atoms with E-state index < -0.39 is 11.2 Å². The Kier molecular flexibility index (Phi) is 17.6. The zero-order valence-corrected chi connectivity index (χ0v) is 45.7. The molecule has 76 heavy (non-hydrogen) atoms. The number of pyridine rings is 2. The predicted molar refractivity (Wildman–Crippen MR) is 303 cm³/mol. The summed E-state index contributed by atoms with van der Waals surface area (Å²) in [4.78, 5) is 25.2. The van der Waals surface area contributed by atoms with Crippen LogP contribution in [0.1, 0.15) is 140 Å². The summed E-state index contributed by atoms with van der Waals surface area (Å²) < 4.78 is 24.6. The standard InChI is InChI=1S/C33H40N4O3S.C28H32N4O2S/c1-37-16-11-26(12-17-37)32-36-22-29(41-32)27-20-28(31(34)35-21-27)39-23-25-8-6-7-24(19-25)10-15-33(13-3-4-14-33)40-30-9-2-5-18-38-30;1-32-13-8-22(9-14-32)27-31-18-25(35-27)23-16-24(26(29)30-17-23)34-19-21-6-4-5-20(15-21)7-12-28(33)10-2-3-11-28/h6-8,19-22,26,30H,2-5,9,11-14,16-18,23H2,1H3,(H2,34,35);4-6,15-18,22,33H,2-3,8-11,13-14,19H2,1H3,(H2,29,30). The molecule has 0 bridgehead atoms. The summed E-state index contributed by atoms with van der Waals surface area (Å²) in [5.74, 6) is 16.1. The van der Waals surface area contributed by atoms with E-state index in [1.165, 1.54) is 10.0 Å². The molecule has 3 aliphatic heterocycles. The fourth-order valence-corrected chi connectivity index (χ4v) is 12.8. The van der Waals surface area contributed by atoms with Crippen LogP contribution in [0.15, 0.2) is 85.5 Å². The molecule has 2 aliphatic carbocycles. The van der Waals surface area contributed by atoms with E-state index in [-0.39, 0.29) is 6.29 Å². The SMILES string of the molecule is CN1CCC(c2ncc(-c3cnc(N)c(OCc4cccc(C#CC5(O)CCCC5)c4)c3)s2)CC1.CN1CCC(c2ncc(-c3cnc(N)c(OCc4cccc(C#CC5(OC6CCCCO6)CCCC5)c4)c3)s2)CC1. The number of aliphatic hydroxyl groups is 1. The van der Waals surface area contributed by atoms with Crippen molar-refractivity contribution in [2.75, 3.05) is 58.3 Å². The Morgan fingerprint density at radius 1 is 0.618 bits per heavy atom. The van der Waals surface area contributed by atoms with Crippen LogP contribution in [-0.2, 0) is 22.7 Å². The molecule has 1 atom stereocenters. The number of likely N-dealkylation sites (tertiary alicyclic amines) is 2. The van der Waals surface area contributed by atoms with Gasteiger partial charge in [-0.1, -0.05) is 47.9 Å². The van der Waals surface area contributed by atoms with E-state index in [0.717, 1.165) is 172 Å². The number of thiazole rings is 2. The van der Waals surface area contributed by atoms with E-state index >= 15 is 0 Å². The van der Waals surface area contributed by atoms with E-state index in [4.69, 9.17) is 40.4 Å². The Morgan fingerprint density at radius 3 is 1.62 bits per heavy atom. The molecule has 15 heteroatoms. The highest BCUT2D eigenvalue weighted by Crippen LogP contribution is 2.39. The van der Waals surface area contributed by atoms with Gasteiger partial charge in [-0.25, -0.2) is 19.9 Å². The lowest BCUT2D eigenvalue weighted by Crippen LogP contribution is -2.35. The van der Waals surface area contributed by atoms with Crippen LogP contribution < -0.4 is 20.9 Å². The van der Waals surface area contributed by atoms with Gasteiger partial charge < -0.3 is 45.3 Å². The van der Waals surface area contributed by atoms with Crippen molar-refractivity contribution in [1.29, 1.82) is 0 Å². The minimum absolute atomic E-state index is 0.128. The number of hydrogen-bond donors (Lipinski definition) is 3. The van der Waals surface area contributed by atoms with Crippen LogP contribution in [0.3, 0.4) is 0 Å². The summed E-state index contributed by atoms with van der Waals surface area (Å²) in [6.45, 7) is 6.01. The molecule has 0 amide bonds. The lowest BCUT2D eigenvalue weighted by atomic mass is 9.98. The highest BCUT2D eigenvalue weighted by atomic mass is 32.1. The van der Waals surface area contributed by atoms with Gasteiger partial charge in [0.2, 0.25) is 0 Å². The maximum atomic E-state index is 10.5. The Hall–Kier alpha value is -5.88. The van der Waals surface area contributed by atoms with Gasteiger partial charge in [0.25, 0.3) is 0 Å². The highest BCUT2D eigenvalue weighted by Gasteiger charge is 2.37. The Morgan fingerprint density at radius 2 is 1.12 bits per heavy atom. The molecular weight excluding hydrogens is 989 g/mol. The third kappa shape index (κ3) is 14.2. The average molecular weight is 1060 g/mol. The molecule has 5 fully saturated rings. The number of anilines is 2. The fraction of sp³-hybridized carbons (Fsp3) is 0.475. The number of rotatable bonds is 12. The van der Waals surface area contributed by atoms with Crippen LogP contribution in [0.25, 0.3) is 20.9 Å². The van der Waals surface area contributed by atoms with Crippen molar-refractivity contribution in [2.45, 2.75) is 139 Å². The normalized spacial score (nSPS) is 19.9. The maximum absolute atomic E-state index is 10.5.